The molecule has 2 amide bonds. The standard InChI is InChI=1S/C21H36N2O6/c1-6-8-9-10-11-14(7-2)17(22-20(28)29-21(3,4)5)18(25)23-13-15(24)12-16(23)19(26)27/h6,14-17,24H,1,7-13H2,2-5H3,(H,22,28)(H,26,27)/t14-,15-,16+,17+/m1/s1. The fraction of sp³-hybridized carbons (Fsp3) is 0.762. The van der Waals surface area contributed by atoms with E-state index in [0.717, 1.165) is 19.3 Å². The summed E-state index contributed by atoms with van der Waals surface area (Å²) in [5.41, 5.74) is -0.725. The van der Waals surface area contributed by atoms with E-state index in [2.05, 4.69) is 11.9 Å². The Morgan fingerprint density at radius 3 is 2.48 bits per heavy atom. The molecule has 1 aliphatic heterocycles. The van der Waals surface area contributed by atoms with Crippen LogP contribution in [0.25, 0.3) is 0 Å². The van der Waals surface area contributed by atoms with Crippen molar-refractivity contribution >= 4 is 18.0 Å². The van der Waals surface area contributed by atoms with Gasteiger partial charge in [-0.3, -0.25) is 4.79 Å². The van der Waals surface area contributed by atoms with E-state index in [1.807, 2.05) is 13.0 Å². The molecule has 1 aliphatic rings. The van der Waals surface area contributed by atoms with Gasteiger partial charge in [0.1, 0.15) is 17.7 Å². The zero-order valence-electron chi connectivity index (χ0n) is 18.0. The number of nitrogens with one attached hydrogen (secondary N) is 1. The molecule has 0 unspecified atom stereocenters. The third-order valence-electron chi connectivity index (χ3n) is 5.01. The smallest absolute Gasteiger partial charge is 0.408 e. The molecule has 0 aliphatic carbocycles. The Balaban J connectivity index is 3.03. The quantitative estimate of drug-likeness (QED) is 0.375. The normalized spacial score (nSPS) is 21.3. The predicted octanol–water partition coefficient (Wildman–Crippen LogP) is 2.70. The molecule has 0 spiro atoms. The number of amides is 2. The molecule has 0 bridgehead atoms. The lowest BCUT2D eigenvalue weighted by Crippen LogP contribution is -2.55. The van der Waals surface area contributed by atoms with Gasteiger partial charge in [0.15, 0.2) is 0 Å². The van der Waals surface area contributed by atoms with Crippen LogP contribution in [-0.2, 0) is 14.3 Å². The van der Waals surface area contributed by atoms with Gasteiger partial charge in [0.2, 0.25) is 5.91 Å². The molecule has 0 aromatic carbocycles. The van der Waals surface area contributed by atoms with Crippen LogP contribution in [0.3, 0.4) is 0 Å². The fourth-order valence-electron chi connectivity index (χ4n) is 3.59. The van der Waals surface area contributed by atoms with Crippen molar-refractivity contribution in [2.45, 2.75) is 90.0 Å². The molecule has 0 saturated carbocycles. The predicted molar refractivity (Wildman–Crippen MR) is 109 cm³/mol. The molecule has 0 aromatic heterocycles. The topological polar surface area (TPSA) is 116 Å². The molecule has 3 N–H and O–H groups in total. The highest BCUT2D eigenvalue weighted by molar-refractivity contribution is 5.90. The number of nitrogens with zero attached hydrogens (tertiary/aromatic N) is 1. The van der Waals surface area contributed by atoms with E-state index in [1.165, 1.54) is 4.90 Å². The summed E-state index contributed by atoms with van der Waals surface area (Å²) in [6, 6.07) is -2.01. The maximum absolute atomic E-state index is 13.3. The number of likely N-dealkylation sites (tertiary alicyclic amines) is 1. The monoisotopic (exact) mass is 412 g/mol. The minimum atomic E-state index is -1.16. The van der Waals surface area contributed by atoms with Gasteiger partial charge < -0.3 is 25.2 Å². The fourth-order valence-corrected chi connectivity index (χ4v) is 3.59. The van der Waals surface area contributed by atoms with Gasteiger partial charge in [-0.2, -0.15) is 0 Å². The van der Waals surface area contributed by atoms with E-state index in [4.69, 9.17) is 4.74 Å². The molecule has 0 radical (unpaired) electrons. The van der Waals surface area contributed by atoms with Crippen LogP contribution in [0.1, 0.15) is 66.2 Å². The average Bonchev–Trinajstić information content (AvgIpc) is 3.00. The van der Waals surface area contributed by atoms with Crippen LogP contribution < -0.4 is 5.32 Å². The summed E-state index contributed by atoms with van der Waals surface area (Å²) in [4.78, 5) is 38.4. The van der Waals surface area contributed by atoms with Crippen molar-refractivity contribution in [3.05, 3.63) is 12.7 Å². The molecule has 1 fully saturated rings. The molecule has 1 heterocycles. The molecular formula is C21H36N2O6. The molecule has 0 aromatic rings. The lowest BCUT2D eigenvalue weighted by atomic mass is 9.89. The summed E-state index contributed by atoms with van der Waals surface area (Å²) in [5, 5.41) is 22.0. The number of hydrogen-bond acceptors (Lipinski definition) is 5. The van der Waals surface area contributed by atoms with Crippen molar-refractivity contribution in [3.63, 3.8) is 0 Å². The zero-order valence-corrected chi connectivity index (χ0v) is 18.0. The second kappa shape index (κ2) is 11.2. The molecular weight excluding hydrogens is 376 g/mol. The lowest BCUT2D eigenvalue weighted by molar-refractivity contribution is -0.149. The maximum atomic E-state index is 13.3. The number of carboxylic acid groups (broad SMARTS) is 1. The first kappa shape index (κ1) is 24.9. The minimum absolute atomic E-state index is 0.0175. The minimum Gasteiger partial charge on any atom is -0.480 e. The van der Waals surface area contributed by atoms with Gasteiger partial charge in [-0.25, -0.2) is 9.59 Å². The number of aliphatic carboxylic acids is 1. The van der Waals surface area contributed by atoms with Crippen LogP contribution in [0.2, 0.25) is 0 Å². The van der Waals surface area contributed by atoms with Crippen molar-refractivity contribution in [3.8, 4) is 0 Å². The molecule has 1 saturated heterocycles. The number of hydrogen-bond donors (Lipinski definition) is 3. The molecule has 8 heteroatoms. The summed E-state index contributed by atoms with van der Waals surface area (Å²) < 4.78 is 5.31. The molecule has 166 valence electrons. The van der Waals surface area contributed by atoms with Crippen LogP contribution in [0.5, 0.6) is 0 Å². The Hall–Kier alpha value is -2.09. The largest absolute Gasteiger partial charge is 0.480 e. The highest BCUT2D eigenvalue weighted by Gasteiger charge is 2.43. The molecule has 4 atom stereocenters. The third kappa shape index (κ3) is 8.04. The van der Waals surface area contributed by atoms with Gasteiger partial charge in [0.25, 0.3) is 0 Å². The van der Waals surface area contributed by atoms with Crippen molar-refractivity contribution in [1.29, 1.82) is 0 Å². The van der Waals surface area contributed by atoms with Crippen molar-refractivity contribution in [2.24, 2.45) is 5.92 Å². The first-order valence-electron chi connectivity index (χ1n) is 10.3. The van der Waals surface area contributed by atoms with Crippen molar-refractivity contribution in [2.75, 3.05) is 6.54 Å². The van der Waals surface area contributed by atoms with E-state index < -0.39 is 41.8 Å². The van der Waals surface area contributed by atoms with Gasteiger partial charge in [0, 0.05) is 13.0 Å². The summed E-state index contributed by atoms with van der Waals surface area (Å²) in [6.45, 7) is 10.8. The zero-order chi connectivity index (χ0) is 22.2. The van der Waals surface area contributed by atoms with E-state index in [1.54, 1.807) is 20.8 Å². The van der Waals surface area contributed by atoms with E-state index in [-0.39, 0.29) is 18.9 Å². The number of rotatable bonds is 10. The van der Waals surface area contributed by atoms with Crippen LogP contribution in [0, 0.1) is 5.92 Å². The number of β-amino-alcohol motifs (C(OH)–C–C–N with tert-alkyl or cyclic N) is 1. The highest BCUT2D eigenvalue weighted by Crippen LogP contribution is 2.25. The van der Waals surface area contributed by atoms with Gasteiger partial charge in [-0.05, 0) is 46.0 Å². The Morgan fingerprint density at radius 1 is 1.31 bits per heavy atom. The number of carbonyl (C=O) groups is 3. The number of ether oxygens (including phenoxy) is 1. The number of aliphatic hydroxyl groups excluding tert-OH is 1. The van der Waals surface area contributed by atoms with Crippen LogP contribution in [-0.4, -0.2) is 63.4 Å². The summed E-state index contributed by atoms with van der Waals surface area (Å²) in [6.07, 6.45) is 4.19. The molecule has 8 nitrogen and oxygen atoms in total. The van der Waals surface area contributed by atoms with Gasteiger partial charge in [0.05, 0.1) is 6.10 Å². The van der Waals surface area contributed by atoms with Crippen molar-refractivity contribution < 1.29 is 29.3 Å². The van der Waals surface area contributed by atoms with Gasteiger partial charge in [-0.1, -0.05) is 25.8 Å². The summed E-state index contributed by atoms with van der Waals surface area (Å²) in [7, 11) is 0. The highest BCUT2D eigenvalue weighted by atomic mass is 16.6. The first-order valence-corrected chi connectivity index (χ1v) is 10.3. The Labute approximate surface area is 173 Å². The molecule has 29 heavy (non-hydrogen) atoms. The van der Waals surface area contributed by atoms with Crippen LogP contribution in [0.15, 0.2) is 12.7 Å². The number of carbonyl (C=O) groups excluding carboxylic acids is 2. The van der Waals surface area contributed by atoms with Gasteiger partial charge >= 0.3 is 12.1 Å². The molecule has 1 rings (SSSR count). The van der Waals surface area contributed by atoms with E-state index in [0.29, 0.717) is 12.8 Å². The summed E-state index contributed by atoms with van der Waals surface area (Å²) in [5.74, 6) is -1.83. The second-order valence-corrected chi connectivity index (χ2v) is 8.60. The third-order valence-corrected chi connectivity index (χ3v) is 5.01. The number of carboxylic acids is 1. The number of allylic oxidation sites excluding steroid dienone is 1. The number of aliphatic hydroxyl groups is 1. The maximum Gasteiger partial charge on any atom is 0.408 e. The summed E-state index contributed by atoms with van der Waals surface area (Å²) >= 11 is 0. The Kier molecular flexibility index (Phi) is 9.62. The lowest BCUT2D eigenvalue weighted by Gasteiger charge is -2.32. The van der Waals surface area contributed by atoms with Crippen LogP contribution in [0.4, 0.5) is 4.79 Å². The number of alkyl carbamates (subject to hydrolysis) is 1. The Morgan fingerprint density at radius 2 is 1.97 bits per heavy atom. The first-order chi connectivity index (χ1) is 13.5. The van der Waals surface area contributed by atoms with Gasteiger partial charge in [-0.15, -0.1) is 6.58 Å². The second-order valence-electron chi connectivity index (χ2n) is 8.60. The SMILES string of the molecule is C=CCCCC[C@@H](CC)[C@H](NC(=O)OC(C)(C)C)C(=O)N1C[C@H](O)C[C@H]1C(=O)O. The van der Waals surface area contributed by atoms with Crippen LogP contribution >= 0.6 is 0 Å². The van der Waals surface area contributed by atoms with E-state index >= 15 is 0 Å². The number of unbranched alkanes of at least 4 members (excludes halogenated alkanes) is 2. The van der Waals surface area contributed by atoms with Crippen molar-refractivity contribution in [1.82, 2.24) is 10.2 Å². The van der Waals surface area contributed by atoms with E-state index in [9.17, 15) is 24.6 Å². The average molecular weight is 413 g/mol. The Bertz CT molecular complexity index is 586.